The van der Waals surface area contributed by atoms with Gasteiger partial charge in [-0.1, -0.05) is 23.2 Å². The van der Waals surface area contributed by atoms with Crippen LogP contribution in [0.4, 0.5) is 0 Å². The van der Waals surface area contributed by atoms with Crippen LogP contribution in [-0.2, 0) is 22.7 Å². The minimum atomic E-state index is -3.71. The van der Waals surface area contributed by atoms with Crippen LogP contribution >= 0.6 is 46.4 Å². The van der Waals surface area contributed by atoms with Crippen LogP contribution in [0, 0.1) is 0 Å². The van der Waals surface area contributed by atoms with E-state index in [9.17, 15) is 8.42 Å². The normalized spacial score (nSPS) is 11.7. The molecule has 23 heavy (non-hydrogen) atoms. The van der Waals surface area contributed by atoms with Crippen molar-refractivity contribution in [3.05, 3.63) is 57.6 Å². The maximum absolute atomic E-state index is 13.1. The summed E-state index contributed by atoms with van der Waals surface area (Å²) in [5.74, 6) is 0.607. The summed E-state index contributed by atoms with van der Waals surface area (Å²) >= 11 is 23.5. The maximum Gasteiger partial charge on any atom is 0.207 e. The number of hydrogen-bond donors (Lipinski definition) is 0. The van der Waals surface area contributed by atoms with Gasteiger partial charge in [0.05, 0.1) is 9.79 Å². The molecule has 124 valence electrons. The number of halogens is 4. The van der Waals surface area contributed by atoms with Crippen LogP contribution in [0.15, 0.2) is 46.2 Å². The van der Waals surface area contributed by atoms with Crippen molar-refractivity contribution in [2.24, 2.45) is 0 Å². The Morgan fingerprint density at radius 2 is 1.13 bits per heavy atom. The van der Waals surface area contributed by atoms with Gasteiger partial charge in [-0.2, -0.15) is 0 Å². The zero-order chi connectivity index (χ0) is 17.0. The van der Waals surface area contributed by atoms with Crippen molar-refractivity contribution in [2.75, 3.05) is 11.8 Å². The highest BCUT2D eigenvalue weighted by molar-refractivity contribution is 7.91. The molecule has 0 unspecified atom stereocenters. The highest BCUT2D eigenvalue weighted by atomic mass is 35.5. The lowest BCUT2D eigenvalue weighted by Gasteiger charge is -2.14. The number of alkyl halides is 2. The Labute approximate surface area is 156 Å². The molecule has 0 radical (unpaired) electrons. The summed E-state index contributed by atoms with van der Waals surface area (Å²) < 4.78 is 26.2. The standard InChI is InChI=1S/C16H14Cl4O2S/c17-7-5-11-9-13(19)1-3-15(11)23(21,22)16-4-2-14(20)10-12(16)6-8-18/h1-4,9-10H,5-8H2. The van der Waals surface area contributed by atoms with E-state index in [1.165, 1.54) is 12.1 Å². The second-order valence-corrected chi connectivity index (χ2v) is 8.40. The van der Waals surface area contributed by atoms with E-state index < -0.39 is 9.84 Å². The molecule has 0 heterocycles. The topological polar surface area (TPSA) is 34.1 Å². The first kappa shape index (κ1) is 18.9. The molecule has 0 spiro atoms. The molecule has 0 fully saturated rings. The third-order valence-corrected chi connectivity index (χ3v) is 6.15. The van der Waals surface area contributed by atoms with Crippen molar-refractivity contribution in [2.45, 2.75) is 22.6 Å². The Hall–Kier alpha value is -0.450. The first-order valence-electron chi connectivity index (χ1n) is 6.84. The average molecular weight is 412 g/mol. The van der Waals surface area contributed by atoms with Crippen LogP contribution in [0.1, 0.15) is 11.1 Å². The van der Waals surface area contributed by atoms with E-state index in [0.29, 0.717) is 45.8 Å². The molecular weight excluding hydrogens is 398 g/mol. The molecular formula is C16H14Cl4O2S. The van der Waals surface area contributed by atoms with Gasteiger partial charge in [-0.05, 0) is 60.4 Å². The van der Waals surface area contributed by atoms with Crippen LogP contribution < -0.4 is 0 Å². The van der Waals surface area contributed by atoms with E-state index in [1.807, 2.05) is 0 Å². The van der Waals surface area contributed by atoms with E-state index in [4.69, 9.17) is 46.4 Å². The molecule has 0 aliphatic heterocycles. The van der Waals surface area contributed by atoms with Gasteiger partial charge in [0, 0.05) is 21.8 Å². The molecule has 0 aliphatic rings. The predicted octanol–water partition coefficient (Wildman–Crippen LogP) is 5.39. The molecule has 0 saturated heterocycles. The molecule has 7 heteroatoms. The van der Waals surface area contributed by atoms with Gasteiger partial charge in [0.2, 0.25) is 9.84 Å². The number of sulfone groups is 1. The van der Waals surface area contributed by atoms with Crippen molar-refractivity contribution in [3.63, 3.8) is 0 Å². The van der Waals surface area contributed by atoms with Gasteiger partial charge in [0.15, 0.2) is 0 Å². The third-order valence-electron chi connectivity index (χ3n) is 3.35. The highest BCUT2D eigenvalue weighted by Crippen LogP contribution is 2.31. The predicted molar refractivity (Wildman–Crippen MR) is 97.2 cm³/mol. The quantitative estimate of drug-likeness (QED) is 0.597. The number of hydrogen-bond acceptors (Lipinski definition) is 2. The number of aryl methyl sites for hydroxylation is 2. The van der Waals surface area contributed by atoms with Crippen LogP contribution in [-0.4, -0.2) is 20.2 Å². The van der Waals surface area contributed by atoms with Crippen LogP contribution in [0.25, 0.3) is 0 Å². The van der Waals surface area contributed by atoms with Gasteiger partial charge < -0.3 is 0 Å². The van der Waals surface area contributed by atoms with E-state index in [2.05, 4.69) is 0 Å². The van der Waals surface area contributed by atoms with Crippen molar-refractivity contribution < 1.29 is 8.42 Å². The van der Waals surface area contributed by atoms with E-state index in [-0.39, 0.29) is 9.79 Å². The second-order valence-electron chi connectivity index (χ2n) is 4.89. The minimum Gasteiger partial charge on any atom is -0.218 e. The Morgan fingerprint density at radius 3 is 1.48 bits per heavy atom. The molecule has 0 amide bonds. The van der Waals surface area contributed by atoms with Gasteiger partial charge in [-0.25, -0.2) is 8.42 Å². The molecule has 2 rings (SSSR count). The fraction of sp³-hybridized carbons (Fsp3) is 0.250. The molecule has 2 aromatic carbocycles. The third kappa shape index (κ3) is 4.34. The first-order valence-corrected chi connectivity index (χ1v) is 10.1. The molecule has 0 saturated carbocycles. The summed E-state index contributed by atoms with van der Waals surface area (Å²) in [5.41, 5.74) is 1.19. The smallest absolute Gasteiger partial charge is 0.207 e. The Morgan fingerprint density at radius 1 is 0.739 bits per heavy atom. The van der Waals surface area contributed by atoms with Crippen LogP contribution in [0.2, 0.25) is 10.0 Å². The number of benzene rings is 2. The van der Waals surface area contributed by atoms with Gasteiger partial charge in [-0.15, -0.1) is 23.2 Å². The summed E-state index contributed by atoms with van der Waals surface area (Å²) in [7, 11) is -3.71. The van der Waals surface area contributed by atoms with E-state index in [0.717, 1.165) is 0 Å². The van der Waals surface area contributed by atoms with E-state index >= 15 is 0 Å². The van der Waals surface area contributed by atoms with Crippen LogP contribution in [0.5, 0.6) is 0 Å². The molecule has 0 atom stereocenters. The Balaban J connectivity index is 2.64. The van der Waals surface area contributed by atoms with Gasteiger partial charge in [0.1, 0.15) is 0 Å². The van der Waals surface area contributed by atoms with Crippen molar-refractivity contribution in [3.8, 4) is 0 Å². The summed E-state index contributed by atoms with van der Waals surface area (Å²) in [6, 6.07) is 9.41. The van der Waals surface area contributed by atoms with Crippen molar-refractivity contribution in [1.82, 2.24) is 0 Å². The van der Waals surface area contributed by atoms with Gasteiger partial charge in [-0.3, -0.25) is 0 Å². The molecule has 0 aliphatic carbocycles. The largest absolute Gasteiger partial charge is 0.218 e. The highest BCUT2D eigenvalue weighted by Gasteiger charge is 2.24. The molecule has 2 nitrogen and oxygen atoms in total. The molecule has 0 N–H and O–H groups in total. The maximum atomic E-state index is 13.1. The first-order chi connectivity index (χ1) is 10.9. The minimum absolute atomic E-state index is 0.209. The lowest BCUT2D eigenvalue weighted by molar-refractivity contribution is 0.594. The SMILES string of the molecule is O=S(=O)(c1ccc(Cl)cc1CCCl)c1ccc(Cl)cc1CCCl. The molecule has 0 aromatic heterocycles. The summed E-state index contributed by atoms with van der Waals surface area (Å²) in [6.07, 6.45) is 0.824. The van der Waals surface area contributed by atoms with Gasteiger partial charge >= 0.3 is 0 Å². The van der Waals surface area contributed by atoms with E-state index in [1.54, 1.807) is 24.3 Å². The van der Waals surface area contributed by atoms with Crippen molar-refractivity contribution in [1.29, 1.82) is 0 Å². The summed E-state index contributed by atoms with van der Waals surface area (Å²) in [6.45, 7) is 0. The summed E-state index contributed by atoms with van der Waals surface area (Å²) in [5, 5.41) is 0.947. The molecule has 2 aromatic rings. The monoisotopic (exact) mass is 410 g/mol. The lowest BCUT2D eigenvalue weighted by Crippen LogP contribution is -2.09. The second kappa shape index (κ2) is 8.09. The lowest BCUT2D eigenvalue weighted by atomic mass is 10.2. The molecule has 0 bridgehead atoms. The van der Waals surface area contributed by atoms with Gasteiger partial charge in [0.25, 0.3) is 0 Å². The average Bonchev–Trinajstić information content (AvgIpc) is 2.47. The Kier molecular flexibility index (Phi) is 6.64. The Bertz CT molecular complexity index is 742. The summed E-state index contributed by atoms with van der Waals surface area (Å²) in [4.78, 5) is 0.418. The zero-order valence-corrected chi connectivity index (χ0v) is 15.9. The number of rotatable bonds is 6. The van der Waals surface area contributed by atoms with Crippen LogP contribution in [0.3, 0.4) is 0 Å². The fourth-order valence-electron chi connectivity index (χ4n) is 2.33. The zero-order valence-electron chi connectivity index (χ0n) is 12.0. The fourth-order valence-corrected chi connectivity index (χ4v) is 4.87. The van der Waals surface area contributed by atoms with Crippen molar-refractivity contribution >= 4 is 56.2 Å².